The molecule has 3 rings (SSSR count). The molecule has 4 atom stereocenters. The molecule has 1 N–H and O–H groups in total. The predicted molar refractivity (Wildman–Crippen MR) is 76.8 cm³/mol. The number of hydrogen-bond acceptors (Lipinski definition) is 2. The summed E-state index contributed by atoms with van der Waals surface area (Å²) in [6.07, 6.45) is 7.08. The van der Waals surface area contributed by atoms with Crippen molar-refractivity contribution in [1.82, 2.24) is 15.1 Å². The van der Waals surface area contributed by atoms with Gasteiger partial charge in [0, 0.05) is 13.1 Å². The molecule has 1 heterocycles. The van der Waals surface area contributed by atoms with Crippen LogP contribution in [-0.4, -0.2) is 21.7 Å². The van der Waals surface area contributed by atoms with Gasteiger partial charge in [0.25, 0.3) is 5.91 Å². The number of aryl methyl sites for hydroxylation is 1. The minimum Gasteiger partial charge on any atom is -0.348 e. The first-order chi connectivity index (χ1) is 9.06. The van der Waals surface area contributed by atoms with E-state index in [0.29, 0.717) is 11.6 Å². The summed E-state index contributed by atoms with van der Waals surface area (Å²) in [6.45, 7) is 2.15. The van der Waals surface area contributed by atoms with E-state index in [4.69, 9.17) is 0 Å². The molecule has 4 nitrogen and oxygen atoms in total. The zero-order chi connectivity index (χ0) is 13.6. The molecule has 5 heteroatoms. The number of amides is 1. The molecule has 2 fully saturated rings. The predicted octanol–water partition coefficient (Wildman–Crippen LogP) is 2.74. The molecule has 0 aromatic carbocycles. The fraction of sp³-hybridized carbons (Fsp3) is 0.714. The summed E-state index contributed by atoms with van der Waals surface area (Å²) in [5.74, 6) is 2.38. The van der Waals surface area contributed by atoms with Crippen LogP contribution >= 0.6 is 15.9 Å². The number of rotatable bonds is 3. The number of hydrogen-bond donors (Lipinski definition) is 1. The second kappa shape index (κ2) is 4.93. The van der Waals surface area contributed by atoms with Gasteiger partial charge in [0.2, 0.25) is 0 Å². The van der Waals surface area contributed by atoms with Crippen LogP contribution in [0.2, 0.25) is 0 Å². The smallest absolute Gasteiger partial charge is 0.270 e. The van der Waals surface area contributed by atoms with Crippen LogP contribution in [-0.2, 0) is 7.05 Å². The third-order valence-electron chi connectivity index (χ3n) is 4.90. The van der Waals surface area contributed by atoms with Gasteiger partial charge in [-0.25, -0.2) is 0 Å². The highest BCUT2D eigenvalue weighted by atomic mass is 79.9. The number of carbonyl (C=O) groups is 1. The van der Waals surface area contributed by atoms with Gasteiger partial charge in [-0.05, 0) is 59.9 Å². The molecular weight excluding hydrogens is 306 g/mol. The molecule has 0 spiro atoms. The third-order valence-corrected chi connectivity index (χ3v) is 5.48. The molecule has 0 unspecified atom stereocenters. The van der Waals surface area contributed by atoms with Gasteiger partial charge in [0.1, 0.15) is 5.69 Å². The van der Waals surface area contributed by atoms with Crippen molar-refractivity contribution in [3.05, 3.63) is 16.4 Å². The molecule has 1 aromatic heterocycles. The average Bonchev–Trinajstić information content (AvgIpc) is 3.05. The highest BCUT2D eigenvalue weighted by Gasteiger charge is 2.42. The van der Waals surface area contributed by atoms with E-state index in [1.54, 1.807) is 17.9 Å². The number of halogens is 1. The van der Waals surface area contributed by atoms with Crippen LogP contribution in [0.15, 0.2) is 10.7 Å². The summed E-state index contributed by atoms with van der Waals surface area (Å²) in [5.41, 5.74) is 0.606. The summed E-state index contributed by atoms with van der Waals surface area (Å²) in [5, 5.41) is 7.25. The van der Waals surface area contributed by atoms with Crippen LogP contribution in [0.25, 0.3) is 0 Å². The zero-order valence-electron chi connectivity index (χ0n) is 11.4. The molecule has 2 aliphatic rings. The lowest BCUT2D eigenvalue weighted by Crippen LogP contribution is -2.40. The molecule has 104 valence electrons. The second-order valence-electron chi connectivity index (χ2n) is 6.07. The second-order valence-corrected chi connectivity index (χ2v) is 6.92. The van der Waals surface area contributed by atoms with E-state index < -0.39 is 0 Å². The van der Waals surface area contributed by atoms with E-state index in [9.17, 15) is 4.79 Å². The van der Waals surface area contributed by atoms with Crippen molar-refractivity contribution < 1.29 is 4.79 Å². The first-order valence-corrected chi connectivity index (χ1v) is 7.84. The van der Waals surface area contributed by atoms with Gasteiger partial charge >= 0.3 is 0 Å². The van der Waals surface area contributed by atoms with Crippen molar-refractivity contribution in [3.63, 3.8) is 0 Å². The van der Waals surface area contributed by atoms with Gasteiger partial charge in [0.05, 0.1) is 10.7 Å². The maximum atomic E-state index is 12.3. The van der Waals surface area contributed by atoms with Crippen LogP contribution in [0.4, 0.5) is 0 Å². The summed E-state index contributed by atoms with van der Waals surface area (Å²) in [4.78, 5) is 12.3. The number of carbonyl (C=O) groups excluding carboxylic acids is 1. The first kappa shape index (κ1) is 13.2. The monoisotopic (exact) mass is 325 g/mol. The number of nitrogens with one attached hydrogen (secondary N) is 1. The van der Waals surface area contributed by atoms with Crippen LogP contribution in [0, 0.1) is 17.8 Å². The maximum absolute atomic E-state index is 12.3. The molecule has 19 heavy (non-hydrogen) atoms. The van der Waals surface area contributed by atoms with E-state index in [-0.39, 0.29) is 11.9 Å². The highest BCUT2D eigenvalue weighted by Crippen LogP contribution is 2.49. The summed E-state index contributed by atoms with van der Waals surface area (Å²) in [6, 6.07) is 0.254. The fourth-order valence-electron chi connectivity index (χ4n) is 3.95. The number of fused-ring (bicyclic) bond motifs is 2. The van der Waals surface area contributed by atoms with Gasteiger partial charge < -0.3 is 5.32 Å². The van der Waals surface area contributed by atoms with Gasteiger partial charge in [-0.1, -0.05) is 6.42 Å². The first-order valence-electron chi connectivity index (χ1n) is 7.04. The van der Waals surface area contributed by atoms with E-state index in [0.717, 1.165) is 16.3 Å². The molecule has 1 aromatic rings. The Bertz CT molecular complexity index is 479. The summed E-state index contributed by atoms with van der Waals surface area (Å²) in [7, 11) is 1.79. The van der Waals surface area contributed by atoms with Crippen molar-refractivity contribution >= 4 is 21.8 Å². The molecular formula is C14H20BrN3O. The van der Waals surface area contributed by atoms with Gasteiger partial charge in [-0.15, -0.1) is 0 Å². The lowest BCUT2D eigenvalue weighted by molar-refractivity contribution is 0.0905. The van der Waals surface area contributed by atoms with E-state index in [2.05, 4.69) is 33.3 Å². The standard InChI is InChI=1S/C14H20BrN3O/c1-8(11-6-9-3-4-10(11)5-9)17-14(19)13-12(15)7-16-18(13)2/h7-11H,3-6H2,1-2H3,(H,17,19)/t8-,9+,10+,11-/m1/s1. The van der Waals surface area contributed by atoms with Crippen molar-refractivity contribution in [3.8, 4) is 0 Å². The summed E-state index contributed by atoms with van der Waals surface area (Å²) < 4.78 is 2.38. The van der Waals surface area contributed by atoms with Crippen LogP contribution < -0.4 is 5.32 Å². The minimum atomic E-state index is -0.0258. The average molecular weight is 326 g/mol. The molecule has 0 saturated heterocycles. The lowest BCUT2D eigenvalue weighted by atomic mass is 9.84. The molecule has 1 amide bonds. The van der Waals surface area contributed by atoms with Gasteiger partial charge in [-0.2, -0.15) is 5.10 Å². The molecule has 0 aliphatic heterocycles. The van der Waals surface area contributed by atoms with Crippen molar-refractivity contribution in [2.24, 2.45) is 24.8 Å². The van der Waals surface area contributed by atoms with Crippen molar-refractivity contribution in [2.75, 3.05) is 0 Å². The van der Waals surface area contributed by atoms with Crippen LogP contribution in [0.1, 0.15) is 43.1 Å². The minimum absolute atomic E-state index is 0.0258. The molecule has 2 saturated carbocycles. The Morgan fingerprint density at radius 1 is 1.53 bits per heavy atom. The van der Waals surface area contributed by atoms with Crippen LogP contribution in [0.3, 0.4) is 0 Å². The topological polar surface area (TPSA) is 46.9 Å². The quantitative estimate of drug-likeness (QED) is 0.928. The lowest BCUT2D eigenvalue weighted by Gasteiger charge is -2.28. The highest BCUT2D eigenvalue weighted by molar-refractivity contribution is 9.10. The summed E-state index contributed by atoms with van der Waals surface area (Å²) >= 11 is 3.38. The number of nitrogens with zero attached hydrogens (tertiary/aromatic N) is 2. The van der Waals surface area contributed by atoms with Crippen LogP contribution in [0.5, 0.6) is 0 Å². The van der Waals surface area contributed by atoms with E-state index in [1.165, 1.54) is 25.7 Å². The molecule has 2 bridgehead atoms. The maximum Gasteiger partial charge on any atom is 0.270 e. The fourth-order valence-corrected chi connectivity index (χ4v) is 4.48. The Hall–Kier alpha value is -0.840. The van der Waals surface area contributed by atoms with Crippen molar-refractivity contribution in [2.45, 2.75) is 38.6 Å². The SMILES string of the molecule is C[C@@H](NC(=O)c1c(Br)cnn1C)[C@H]1C[C@H]2CC[C@H]1C2. The third kappa shape index (κ3) is 2.33. The van der Waals surface area contributed by atoms with Gasteiger partial charge in [0.15, 0.2) is 0 Å². The zero-order valence-corrected chi connectivity index (χ0v) is 13.0. The van der Waals surface area contributed by atoms with Gasteiger partial charge in [-0.3, -0.25) is 9.48 Å². The molecule has 2 aliphatic carbocycles. The Kier molecular flexibility index (Phi) is 3.41. The van der Waals surface area contributed by atoms with E-state index in [1.807, 2.05) is 0 Å². The Labute approximate surface area is 122 Å². The van der Waals surface area contributed by atoms with Crippen molar-refractivity contribution in [1.29, 1.82) is 0 Å². The Morgan fingerprint density at radius 2 is 2.32 bits per heavy atom. The Morgan fingerprint density at radius 3 is 2.84 bits per heavy atom. The Balaban J connectivity index is 1.67. The number of aromatic nitrogens is 2. The van der Waals surface area contributed by atoms with E-state index >= 15 is 0 Å². The largest absolute Gasteiger partial charge is 0.348 e. The molecule has 0 radical (unpaired) electrons. The normalized spacial score (nSPS) is 30.6.